The third kappa shape index (κ3) is 2.76. The average Bonchev–Trinajstić information content (AvgIpc) is 2.85. The highest BCUT2D eigenvalue weighted by atomic mass is 16.6. The van der Waals surface area contributed by atoms with Crippen LogP contribution in [-0.4, -0.2) is 48.0 Å². The van der Waals surface area contributed by atoms with Gasteiger partial charge in [-0.05, 0) is 25.3 Å². The van der Waals surface area contributed by atoms with Gasteiger partial charge in [0.25, 0.3) is 11.6 Å². The highest BCUT2D eigenvalue weighted by Gasteiger charge is 2.32. The topological polar surface area (TPSA) is 84.7 Å². The fourth-order valence-corrected chi connectivity index (χ4v) is 3.27. The van der Waals surface area contributed by atoms with Crippen LogP contribution in [0.3, 0.4) is 0 Å². The molecular formula is C15H19N3O4. The molecule has 0 aliphatic carbocycles. The summed E-state index contributed by atoms with van der Waals surface area (Å²) in [5, 5.41) is 14.5. The predicted molar refractivity (Wildman–Crippen MR) is 80.1 cm³/mol. The van der Waals surface area contributed by atoms with Gasteiger partial charge in [0.15, 0.2) is 0 Å². The maximum atomic E-state index is 12.8. The normalized spacial score (nSPS) is 24.0. The SMILES string of the molecule is COc1ccc([N+](=O)[O-])cc1C(=O)N1CCC2CCC(C1)N2. The largest absolute Gasteiger partial charge is 0.496 e. The summed E-state index contributed by atoms with van der Waals surface area (Å²) in [4.78, 5) is 25.0. The van der Waals surface area contributed by atoms with Crippen molar-refractivity contribution in [3.63, 3.8) is 0 Å². The highest BCUT2D eigenvalue weighted by molar-refractivity contribution is 5.97. The lowest BCUT2D eigenvalue weighted by atomic mass is 10.1. The summed E-state index contributed by atoms with van der Waals surface area (Å²) in [6, 6.07) is 4.93. The number of nitrogens with one attached hydrogen (secondary N) is 1. The summed E-state index contributed by atoms with van der Waals surface area (Å²) in [6.07, 6.45) is 3.15. The zero-order chi connectivity index (χ0) is 15.7. The molecule has 1 aromatic carbocycles. The number of ether oxygens (including phenoxy) is 1. The van der Waals surface area contributed by atoms with Gasteiger partial charge in [0.05, 0.1) is 17.6 Å². The summed E-state index contributed by atoms with van der Waals surface area (Å²) in [6.45, 7) is 1.31. The number of fused-ring (bicyclic) bond motifs is 2. The molecule has 22 heavy (non-hydrogen) atoms. The minimum absolute atomic E-state index is 0.0985. The van der Waals surface area contributed by atoms with Crippen molar-refractivity contribution in [3.8, 4) is 5.75 Å². The van der Waals surface area contributed by atoms with E-state index in [0.29, 0.717) is 30.9 Å². The predicted octanol–water partition coefficient (Wildman–Crippen LogP) is 1.57. The van der Waals surface area contributed by atoms with Crippen LogP contribution in [-0.2, 0) is 0 Å². The lowest BCUT2D eigenvalue weighted by Gasteiger charge is -2.25. The van der Waals surface area contributed by atoms with Crippen LogP contribution >= 0.6 is 0 Å². The number of nitrogens with zero attached hydrogens (tertiary/aromatic N) is 2. The number of amides is 1. The number of nitro groups is 1. The van der Waals surface area contributed by atoms with Gasteiger partial charge in [-0.25, -0.2) is 0 Å². The van der Waals surface area contributed by atoms with E-state index in [0.717, 1.165) is 19.3 Å². The zero-order valence-electron chi connectivity index (χ0n) is 12.4. The molecule has 2 saturated heterocycles. The van der Waals surface area contributed by atoms with Gasteiger partial charge in [-0.2, -0.15) is 0 Å². The number of rotatable bonds is 3. The first kappa shape index (κ1) is 14.8. The molecule has 1 N–H and O–H groups in total. The molecule has 1 amide bonds. The molecule has 2 aliphatic rings. The standard InChI is InChI=1S/C15H19N3O4/c1-22-14-5-4-12(18(20)21)8-13(14)15(19)17-7-6-10-2-3-11(9-17)16-10/h4-5,8,10-11,16H,2-3,6-7,9H2,1H3. The van der Waals surface area contributed by atoms with E-state index < -0.39 is 4.92 Å². The number of benzene rings is 1. The van der Waals surface area contributed by atoms with Crippen molar-refractivity contribution in [3.05, 3.63) is 33.9 Å². The molecule has 3 rings (SSSR count). The van der Waals surface area contributed by atoms with Crippen molar-refractivity contribution in [2.24, 2.45) is 0 Å². The molecule has 0 aromatic heterocycles. The molecule has 0 spiro atoms. The average molecular weight is 305 g/mol. The van der Waals surface area contributed by atoms with Crippen molar-refractivity contribution >= 4 is 11.6 Å². The van der Waals surface area contributed by atoms with Crippen LogP contribution in [0.25, 0.3) is 0 Å². The fourth-order valence-electron chi connectivity index (χ4n) is 3.27. The molecule has 1 aromatic rings. The number of non-ortho nitro benzene ring substituents is 1. The minimum Gasteiger partial charge on any atom is -0.496 e. The molecule has 0 saturated carbocycles. The lowest BCUT2D eigenvalue weighted by Crippen LogP contribution is -2.39. The van der Waals surface area contributed by atoms with E-state index in [2.05, 4.69) is 5.32 Å². The molecule has 7 heteroatoms. The van der Waals surface area contributed by atoms with E-state index in [1.165, 1.54) is 25.3 Å². The first-order chi connectivity index (χ1) is 10.6. The summed E-state index contributed by atoms with van der Waals surface area (Å²) in [5.74, 6) is 0.174. The quantitative estimate of drug-likeness (QED) is 0.677. The maximum Gasteiger partial charge on any atom is 0.270 e. The molecule has 2 bridgehead atoms. The minimum atomic E-state index is -0.498. The van der Waals surface area contributed by atoms with Gasteiger partial charge in [0.2, 0.25) is 0 Å². The smallest absolute Gasteiger partial charge is 0.270 e. The highest BCUT2D eigenvalue weighted by Crippen LogP contribution is 2.27. The second-order valence-electron chi connectivity index (χ2n) is 5.82. The maximum absolute atomic E-state index is 12.8. The van der Waals surface area contributed by atoms with E-state index >= 15 is 0 Å². The first-order valence-corrected chi connectivity index (χ1v) is 7.46. The van der Waals surface area contributed by atoms with E-state index in [4.69, 9.17) is 4.74 Å². The Balaban J connectivity index is 1.87. The van der Waals surface area contributed by atoms with Crippen molar-refractivity contribution in [2.45, 2.75) is 31.3 Å². The molecule has 2 atom stereocenters. The first-order valence-electron chi connectivity index (χ1n) is 7.46. The fraction of sp³-hybridized carbons (Fsp3) is 0.533. The van der Waals surface area contributed by atoms with Crippen LogP contribution in [0.1, 0.15) is 29.6 Å². The Labute approximate surface area is 128 Å². The Morgan fingerprint density at radius 2 is 2.14 bits per heavy atom. The van der Waals surface area contributed by atoms with Crippen LogP contribution < -0.4 is 10.1 Å². The van der Waals surface area contributed by atoms with Gasteiger partial charge in [-0.3, -0.25) is 14.9 Å². The Hall–Kier alpha value is -2.15. The second kappa shape index (κ2) is 5.92. The Bertz CT molecular complexity index is 604. The molecule has 7 nitrogen and oxygen atoms in total. The summed E-state index contributed by atoms with van der Waals surface area (Å²) < 4.78 is 5.20. The van der Waals surface area contributed by atoms with Crippen molar-refractivity contribution in [1.82, 2.24) is 10.2 Å². The number of methoxy groups -OCH3 is 1. The van der Waals surface area contributed by atoms with Gasteiger partial charge in [0, 0.05) is 37.3 Å². The van der Waals surface area contributed by atoms with Gasteiger partial charge >= 0.3 is 0 Å². The Morgan fingerprint density at radius 1 is 1.36 bits per heavy atom. The van der Waals surface area contributed by atoms with Gasteiger partial charge in [-0.1, -0.05) is 0 Å². The molecule has 0 radical (unpaired) electrons. The molecule has 2 aliphatic heterocycles. The molecule has 2 fully saturated rings. The monoisotopic (exact) mass is 305 g/mol. The number of hydrogen-bond donors (Lipinski definition) is 1. The zero-order valence-corrected chi connectivity index (χ0v) is 12.4. The van der Waals surface area contributed by atoms with Crippen LogP contribution in [0.15, 0.2) is 18.2 Å². The summed E-state index contributed by atoms with van der Waals surface area (Å²) in [5.41, 5.74) is 0.160. The van der Waals surface area contributed by atoms with E-state index in [1.54, 1.807) is 4.90 Å². The third-order valence-electron chi connectivity index (χ3n) is 4.43. The van der Waals surface area contributed by atoms with Crippen LogP contribution in [0.4, 0.5) is 5.69 Å². The number of likely N-dealkylation sites (tertiary alicyclic amines) is 1. The van der Waals surface area contributed by atoms with E-state index in [-0.39, 0.29) is 17.2 Å². The summed E-state index contributed by atoms with van der Waals surface area (Å²) in [7, 11) is 1.46. The van der Waals surface area contributed by atoms with Gasteiger partial charge < -0.3 is 15.0 Å². The van der Waals surface area contributed by atoms with E-state index in [1.807, 2.05) is 0 Å². The molecule has 2 unspecified atom stereocenters. The lowest BCUT2D eigenvalue weighted by molar-refractivity contribution is -0.384. The molecule has 118 valence electrons. The van der Waals surface area contributed by atoms with Gasteiger partial charge in [-0.15, -0.1) is 0 Å². The van der Waals surface area contributed by atoms with Crippen LogP contribution in [0.5, 0.6) is 5.75 Å². The molecular weight excluding hydrogens is 286 g/mol. The van der Waals surface area contributed by atoms with Crippen molar-refractivity contribution in [2.75, 3.05) is 20.2 Å². The van der Waals surface area contributed by atoms with Crippen molar-refractivity contribution < 1.29 is 14.5 Å². The van der Waals surface area contributed by atoms with Crippen LogP contribution in [0, 0.1) is 10.1 Å². The third-order valence-corrected chi connectivity index (χ3v) is 4.43. The Kier molecular flexibility index (Phi) is 3.98. The Morgan fingerprint density at radius 3 is 2.86 bits per heavy atom. The van der Waals surface area contributed by atoms with Crippen molar-refractivity contribution in [1.29, 1.82) is 0 Å². The summed E-state index contributed by atoms with van der Waals surface area (Å²) >= 11 is 0. The number of carbonyl (C=O) groups excluding carboxylic acids is 1. The second-order valence-corrected chi connectivity index (χ2v) is 5.82. The van der Waals surface area contributed by atoms with Gasteiger partial charge in [0.1, 0.15) is 5.75 Å². The van der Waals surface area contributed by atoms with E-state index in [9.17, 15) is 14.9 Å². The number of nitro benzene ring substituents is 1. The number of hydrogen-bond acceptors (Lipinski definition) is 5. The number of carbonyl (C=O) groups is 1. The molecule has 2 heterocycles. The van der Waals surface area contributed by atoms with Crippen LogP contribution in [0.2, 0.25) is 0 Å².